The third-order valence-corrected chi connectivity index (χ3v) is 2.06. The van der Waals surface area contributed by atoms with Crippen molar-refractivity contribution < 1.29 is 4.79 Å². The summed E-state index contributed by atoms with van der Waals surface area (Å²) >= 11 is 0. The molecular formula is C10H8NO. The highest BCUT2D eigenvalue weighted by Gasteiger charge is 2.02. The molecule has 0 aliphatic rings. The van der Waals surface area contributed by atoms with Crippen LogP contribution >= 0.6 is 0 Å². The van der Waals surface area contributed by atoms with Crippen molar-refractivity contribution in [3.63, 3.8) is 0 Å². The molecule has 2 aromatic rings. The van der Waals surface area contributed by atoms with Crippen LogP contribution in [0.5, 0.6) is 0 Å². The number of aryl methyl sites for hydroxylation is 1. The average Bonchev–Trinajstić information content (AvgIpc) is 2.44. The fourth-order valence-electron chi connectivity index (χ4n) is 1.39. The first-order valence-electron chi connectivity index (χ1n) is 3.75. The molecule has 0 amide bonds. The SMILES string of the molecule is Cn1c([C]=O)cc2ccccc21. The minimum Gasteiger partial charge on any atom is -0.341 e. The van der Waals surface area contributed by atoms with Crippen LogP contribution in [0, 0.1) is 0 Å². The summed E-state index contributed by atoms with van der Waals surface area (Å²) in [4.78, 5) is 10.5. The minimum absolute atomic E-state index is 0.594. The Balaban J connectivity index is 2.87. The van der Waals surface area contributed by atoms with Gasteiger partial charge in [-0.2, -0.15) is 0 Å². The standard InChI is InChI=1S/C10H8NO/c1-11-9(7-12)6-8-4-2-3-5-10(8)11/h2-6H,1H3. The Bertz CT molecular complexity index is 428. The summed E-state index contributed by atoms with van der Waals surface area (Å²) < 4.78 is 1.84. The monoisotopic (exact) mass is 158 g/mol. The minimum atomic E-state index is 0.594. The Morgan fingerprint density at radius 2 is 2.08 bits per heavy atom. The molecule has 0 fully saturated rings. The van der Waals surface area contributed by atoms with Crippen LogP contribution in [0.25, 0.3) is 10.9 Å². The van der Waals surface area contributed by atoms with Crippen LogP contribution in [-0.4, -0.2) is 10.9 Å². The van der Waals surface area contributed by atoms with Crippen LogP contribution in [0.4, 0.5) is 0 Å². The summed E-state index contributed by atoms with van der Waals surface area (Å²) in [6, 6.07) is 9.71. The Morgan fingerprint density at radius 3 is 2.75 bits per heavy atom. The molecule has 0 bridgehead atoms. The number of hydrogen-bond acceptors (Lipinski definition) is 1. The van der Waals surface area contributed by atoms with E-state index >= 15 is 0 Å². The van der Waals surface area contributed by atoms with E-state index in [9.17, 15) is 4.79 Å². The Morgan fingerprint density at radius 1 is 1.33 bits per heavy atom. The highest BCUT2D eigenvalue weighted by molar-refractivity contribution is 5.88. The molecule has 0 aliphatic carbocycles. The Kier molecular flexibility index (Phi) is 1.47. The maximum atomic E-state index is 10.5. The molecular weight excluding hydrogens is 150 g/mol. The summed E-state index contributed by atoms with van der Waals surface area (Å²) in [5.74, 6) is 0. The number of fused-ring (bicyclic) bond motifs is 1. The molecule has 0 saturated heterocycles. The normalized spacial score (nSPS) is 10.4. The second kappa shape index (κ2) is 2.48. The lowest BCUT2D eigenvalue weighted by Crippen LogP contribution is -1.92. The molecule has 0 unspecified atom stereocenters. The van der Waals surface area contributed by atoms with Gasteiger partial charge < -0.3 is 4.57 Å². The van der Waals surface area contributed by atoms with E-state index in [0.29, 0.717) is 5.69 Å². The molecule has 0 N–H and O–H groups in total. The zero-order valence-corrected chi connectivity index (χ0v) is 6.74. The smallest absolute Gasteiger partial charge is 0.251 e. The molecule has 1 aromatic heterocycles. The van der Waals surface area contributed by atoms with E-state index in [2.05, 4.69) is 0 Å². The molecule has 1 radical (unpaired) electrons. The highest BCUT2D eigenvalue weighted by Crippen LogP contribution is 2.16. The van der Waals surface area contributed by atoms with Crippen molar-refractivity contribution in [2.45, 2.75) is 0 Å². The van der Waals surface area contributed by atoms with Gasteiger partial charge in [0.25, 0.3) is 6.29 Å². The molecule has 2 rings (SSSR count). The van der Waals surface area contributed by atoms with E-state index in [1.54, 1.807) is 0 Å². The molecule has 1 aromatic carbocycles. The van der Waals surface area contributed by atoms with Gasteiger partial charge in [-0.15, -0.1) is 0 Å². The molecule has 0 saturated carbocycles. The summed E-state index contributed by atoms with van der Waals surface area (Å²) in [7, 11) is 1.86. The Labute approximate surface area is 70.4 Å². The average molecular weight is 158 g/mol. The van der Waals surface area contributed by atoms with E-state index in [4.69, 9.17) is 0 Å². The molecule has 0 aliphatic heterocycles. The summed E-state index contributed by atoms with van der Waals surface area (Å²) in [6.45, 7) is 0. The topological polar surface area (TPSA) is 22.0 Å². The van der Waals surface area contributed by atoms with Crippen LogP contribution in [0.15, 0.2) is 30.3 Å². The quantitative estimate of drug-likeness (QED) is 0.618. The fourth-order valence-corrected chi connectivity index (χ4v) is 1.39. The molecule has 12 heavy (non-hydrogen) atoms. The molecule has 1 heterocycles. The largest absolute Gasteiger partial charge is 0.341 e. The van der Waals surface area contributed by atoms with Crippen molar-refractivity contribution in [2.24, 2.45) is 7.05 Å². The number of carbonyl (C=O) groups excluding carboxylic acids is 1. The molecule has 59 valence electrons. The molecule has 2 heteroatoms. The highest BCUT2D eigenvalue weighted by atomic mass is 16.1. The number of para-hydroxylation sites is 1. The molecule has 2 nitrogen and oxygen atoms in total. The van der Waals surface area contributed by atoms with Gasteiger partial charge in [-0.25, -0.2) is 0 Å². The van der Waals surface area contributed by atoms with E-state index in [-0.39, 0.29) is 0 Å². The zero-order chi connectivity index (χ0) is 8.55. The third-order valence-electron chi connectivity index (χ3n) is 2.06. The maximum Gasteiger partial charge on any atom is 0.251 e. The Hall–Kier alpha value is -1.57. The van der Waals surface area contributed by atoms with Gasteiger partial charge in [0.1, 0.15) is 0 Å². The molecule has 0 spiro atoms. The van der Waals surface area contributed by atoms with Crippen LogP contribution in [0.2, 0.25) is 0 Å². The van der Waals surface area contributed by atoms with Gasteiger partial charge in [0.15, 0.2) is 0 Å². The number of hydrogen-bond donors (Lipinski definition) is 0. The van der Waals surface area contributed by atoms with Crippen molar-refractivity contribution in [1.29, 1.82) is 0 Å². The van der Waals surface area contributed by atoms with Gasteiger partial charge >= 0.3 is 0 Å². The lowest BCUT2D eigenvalue weighted by atomic mass is 10.2. The lowest BCUT2D eigenvalue weighted by molar-refractivity contribution is 0.560. The third kappa shape index (κ3) is 0.848. The van der Waals surface area contributed by atoms with Crippen molar-refractivity contribution in [2.75, 3.05) is 0 Å². The van der Waals surface area contributed by atoms with Crippen LogP contribution in [0.3, 0.4) is 0 Å². The first kappa shape index (κ1) is 7.10. The summed E-state index contributed by atoms with van der Waals surface area (Å²) in [5.41, 5.74) is 1.66. The summed E-state index contributed by atoms with van der Waals surface area (Å²) in [5, 5.41) is 1.08. The van der Waals surface area contributed by atoms with Gasteiger partial charge in [-0.05, 0) is 12.1 Å². The lowest BCUT2D eigenvalue weighted by Gasteiger charge is -1.95. The van der Waals surface area contributed by atoms with Crippen molar-refractivity contribution in [3.05, 3.63) is 36.0 Å². The zero-order valence-electron chi connectivity index (χ0n) is 6.74. The van der Waals surface area contributed by atoms with E-state index < -0.39 is 0 Å². The summed E-state index contributed by atoms with van der Waals surface area (Å²) in [6.07, 6.45) is 1.90. The predicted molar refractivity (Wildman–Crippen MR) is 47.7 cm³/mol. The molecule has 0 atom stereocenters. The van der Waals surface area contributed by atoms with Crippen LogP contribution in [-0.2, 0) is 11.8 Å². The van der Waals surface area contributed by atoms with Gasteiger partial charge in [-0.1, -0.05) is 18.2 Å². The van der Waals surface area contributed by atoms with Gasteiger partial charge in [0, 0.05) is 18.0 Å². The van der Waals surface area contributed by atoms with Crippen LogP contribution < -0.4 is 0 Å². The maximum absolute atomic E-state index is 10.5. The first-order valence-corrected chi connectivity index (χ1v) is 3.75. The van der Waals surface area contributed by atoms with E-state index in [1.165, 1.54) is 0 Å². The van der Waals surface area contributed by atoms with Crippen LogP contribution in [0.1, 0.15) is 5.69 Å². The number of rotatable bonds is 1. The van der Waals surface area contributed by atoms with E-state index in [1.807, 2.05) is 48.2 Å². The van der Waals surface area contributed by atoms with Crippen molar-refractivity contribution >= 4 is 17.2 Å². The number of aromatic nitrogens is 1. The second-order valence-electron chi connectivity index (χ2n) is 2.75. The van der Waals surface area contributed by atoms with Gasteiger partial charge in [-0.3, -0.25) is 4.79 Å². The predicted octanol–water partition coefficient (Wildman–Crippen LogP) is 1.64. The first-order chi connectivity index (χ1) is 5.83. The second-order valence-corrected chi connectivity index (χ2v) is 2.75. The fraction of sp³-hybridized carbons (Fsp3) is 0.100. The van der Waals surface area contributed by atoms with Crippen molar-refractivity contribution in [1.82, 2.24) is 4.57 Å². The van der Waals surface area contributed by atoms with E-state index in [0.717, 1.165) is 10.9 Å². The van der Waals surface area contributed by atoms with Gasteiger partial charge in [0.05, 0.1) is 5.69 Å². The van der Waals surface area contributed by atoms with Gasteiger partial charge in [0.2, 0.25) is 0 Å². The number of benzene rings is 1. The number of nitrogens with zero attached hydrogens (tertiary/aromatic N) is 1. The van der Waals surface area contributed by atoms with Crippen molar-refractivity contribution in [3.8, 4) is 0 Å².